The first-order valence-electron chi connectivity index (χ1n) is 14.5. The van der Waals surface area contributed by atoms with Crippen molar-refractivity contribution in [2.24, 2.45) is 16.2 Å². The first-order chi connectivity index (χ1) is 24.1. The van der Waals surface area contributed by atoms with Crippen LogP contribution >= 0.6 is 0 Å². The van der Waals surface area contributed by atoms with Crippen LogP contribution < -0.4 is 0 Å². The Morgan fingerprint density at radius 2 is 0.448 bits per heavy atom. The van der Waals surface area contributed by atoms with Gasteiger partial charge in [-0.25, -0.2) is 0 Å². The van der Waals surface area contributed by atoms with Gasteiger partial charge in [-0.15, -0.1) is 0 Å². The Morgan fingerprint density at radius 1 is 0.328 bits per heavy atom. The molecule has 1 radical (unpaired) electrons. The summed E-state index contributed by atoms with van der Waals surface area (Å²) in [7, 11) is 0. The molecule has 0 atom stereocenters. The Balaban J connectivity index is -0.000000374. The summed E-state index contributed by atoms with van der Waals surface area (Å²) in [5.41, 5.74) is -3.75. The summed E-state index contributed by atoms with van der Waals surface area (Å²) in [6.07, 6.45) is -20.7. The molecular weight excluding hydrogens is 996 g/mol. The molecule has 28 heteroatoms. The number of halogens is 21. The second-order valence-corrected chi connectivity index (χ2v) is 14.4. The zero-order valence-corrected chi connectivity index (χ0v) is 34.5. The van der Waals surface area contributed by atoms with E-state index in [1.807, 2.05) is 0 Å². The number of aliphatic hydroxyl groups is 3. The summed E-state index contributed by atoms with van der Waals surface area (Å²) in [5, 5.41) is 27.5. The van der Waals surface area contributed by atoms with Crippen LogP contribution in [-0.2, 0) is 14.4 Å². The third-order valence-corrected chi connectivity index (χ3v) is 6.29. The summed E-state index contributed by atoms with van der Waals surface area (Å²) < 4.78 is 258. The minimum absolute atomic E-state index is 0. The van der Waals surface area contributed by atoms with Gasteiger partial charge in [0.2, 0.25) is 17.3 Å². The van der Waals surface area contributed by atoms with E-state index in [2.05, 4.69) is 0 Å². The number of rotatable bonds is 9. The van der Waals surface area contributed by atoms with E-state index in [0.717, 1.165) is 0 Å². The SMILES string of the molecule is CC(C)(C)/C(O)=C/C(=O)C(F)(F)C(F)(F)C(F)(F)F.CC(C)(C)/C(O)=C/C(=O)C(F)(F)C(F)(F)C(F)(F)F.CC(C)(C)/C(O)=C\C(=O)C(F)(F)C(F)(F)C(F)(F)F.[Pr]. The predicted octanol–water partition coefficient (Wildman–Crippen LogP) is 11.6. The summed E-state index contributed by atoms with van der Waals surface area (Å²) >= 11 is 0. The number of ketones is 3. The Labute approximate surface area is 347 Å². The van der Waals surface area contributed by atoms with Crippen molar-refractivity contribution in [1.29, 1.82) is 0 Å². The summed E-state index contributed by atoms with van der Waals surface area (Å²) in [5.74, 6) is -49.1. The monoisotopic (exact) mass is 1030 g/mol. The normalized spacial score (nSPS) is 15.3. The zero-order valence-electron chi connectivity index (χ0n) is 30.8. The van der Waals surface area contributed by atoms with Crippen molar-refractivity contribution in [3.05, 3.63) is 35.5 Å². The molecule has 0 aromatic rings. The zero-order chi connectivity index (χ0) is 47.6. The number of allylic oxidation sites excluding steroid dienone is 6. The maximum atomic E-state index is 12.9. The van der Waals surface area contributed by atoms with E-state index < -0.39 is 105 Å². The average Bonchev–Trinajstić information content (AvgIpc) is 2.93. The molecule has 3 N–H and O–H groups in total. The van der Waals surface area contributed by atoms with E-state index in [9.17, 15) is 107 Å². The topological polar surface area (TPSA) is 112 Å². The Morgan fingerprint density at radius 3 is 0.534 bits per heavy atom. The molecule has 0 amide bonds. The van der Waals surface area contributed by atoms with Gasteiger partial charge >= 0.3 is 54.1 Å². The number of alkyl halides is 21. The fraction of sp³-hybridized carbons (Fsp3) is 0.700. The van der Waals surface area contributed by atoms with E-state index in [4.69, 9.17) is 15.3 Å². The third kappa shape index (κ3) is 14.9. The predicted molar refractivity (Wildman–Crippen MR) is 153 cm³/mol. The quantitative estimate of drug-likeness (QED) is 0.121. The van der Waals surface area contributed by atoms with Crippen molar-refractivity contribution in [2.75, 3.05) is 0 Å². The Kier molecular flexibility index (Phi) is 20.4. The maximum absolute atomic E-state index is 12.9. The van der Waals surface area contributed by atoms with Gasteiger partial charge in [-0.1, -0.05) is 62.3 Å². The second-order valence-electron chi connectivity index (χ2n) is 14.4. The van der Waals surface area contributed by atoms with E-state index in [-0.39, 0.29) is 59.5 Å². The molecule has 58 heavy (non-hydrogen) atoms. The Bertz CT molecular complexity index is 1350. The number of aliphatic hydroxyl groups excluding tert-OH is 3. The average molecular weight is 1030 g/mol. The van der Waals surface area contributed by atoms with E-state index in [1.165, 1.54) is 62.3 Å². The maximum Gasteiger partial charge on any atom is 0.460 e. The molecule has 0 fully saturated rings. The van der Waals surface area contributed by atoms with Gasteiger partial charge in [0.1, 0.15) is 17.3 Å². The van der Waals surface area contributed by atoms with Crippen LogP contribution in [0.3, 0.4) is 0 Å². The minimum atomic E-state index is -6.59. The van der Waals surface area contributed by atoms with Gasteiger partial charge in [0.05, 0.1) is 0 Å². The number of hydrogen-bond donors (Lipinski definition) is 3. The summed E-state index contributed by atoms with van der Waals surface area (Å²) in [6.45, 7) is 11.2. The largest absolute Gasteiger partial charge is 0.512 e. The first-order valence-corrected chi connectivity index (χ1v) is 14.5. The van der Waals surface area contributed by atoms with Crippen LogP contribution in [0.5, 0.6) is 0 Å². The second kappa shape index (κ2) is 19.1. The van der Waals surface area contributed by atoms with Gasteiger partial charge in [-0.3, -0.25) is 14.4 Å². The van der Waals surface area contributed by atoms with Gasteiger partial charge in [0, 0.05) is 75.8 Å². The standard InChI is InChI=1S/3C10H11F7O2.Pr/c3*1-7(2,3)5(18)4-6(19)8(11,12)9(13,14)10(15,16)17;/h3*4,18H,1-3H3;/b5-4+;2*5-4-;. The van der Waals surface area contributed by atoms with E-state index >= 15 is 0 Å². The number of hydrogen-bond acceptors (Lipinski definition) is 6. The molecule has 339 valence electrons. The van der Waals surface area contributed by atoms with Gasteiger partial charge in [0.25, 0.3) is 0 Å². The Hall–Kier alpha value is -2.48. The van der Waals surface area contributed by atoms with E-state index in [0.29, 0.717) is 0 Å². The molecular formula is C30H33F21O6Pr. The molecule has 0 aliphatic carbocycles. The van der Waals surface area contributed by atoms with Crippen LogP contribution in [0.25, 0.3) is 0 Å². The molecule has 0 unspecified atom stereocenters. The summed E-state index contributed by atoms with van der Waals surface area (Å²) in [4.78, 5) is 32.5. The van der Waals surface area contributed by atoms with Crippen molar-refractivity contribution in [2.45, 2.75) is 116 Å². The van der Waals surface area contributed by atoms with Crippen LogP contribution in [0, 0.1) is 57.5 Å². The molecule has 6 nitrogen and oxygen atoms in total. The van der Waals surface area contributed by atoms with Crippen molar-refractivity contribution in [3.63, 3.8) is 0 Å². The smallest absolute Gasteiger partial charge is 0.460 e. The minimum Gasteiger partial charge on any atom is -0.512 e. The number of carbonyl (C=O) groups is 3. The van der Waals surface area contributed by atoms with Crippen LogP contribution in [0.4, 0.5) is 92.2 Å². The van der Waals surface area contributed by atoms with Crippen LogP contribution in [0.2, 0.25) is 0 Å². The molecule has 0 bridgehead atoms. The van der Waals surface area contributed by atoms with Gasteiger partial charge in [-0.05, 0) is 0 Å². The summed E-state index contributed by atoms with van der Waals surface area (Å²) in [6, 6.07) is 0. The van der Waals surface area contributed by atoms with E-state index in [1.54, 1.807) is 0 Å². The van der Waals surface area contributed by atoms with Crippen LogP contribution in [-0.4, -0.2) is 86.7 Å². The molecule has 0 aliphatic heterocycles. The molecule has 0 aliphatic rings. The van der Waals surface area contributed by atoms with Gasteiger partial charge in [-0.2, -0.15) is 92.2 Å². The molecule has 0 saturated heterocycles. The third-order valence-electron chi connectivity index (χ3n) is 6.29. The number of carbonyl (C=O) groups excluding carboxylic acids is 3. The van der Waals surface area contributed by atoms with Crippen LogP contribution in [0.1, 0.15) is 62.3 Å². The van der Waals surface area contributed by atoms with Gasteiger partial charge < -0.3 is 15.3 Å². The van der Waals surface area contributed by atoms with Gasteiger partial charge in [0.15, 0.2) is 0 Å². The molecule has 0 aromatic carbocycles. The molecule has 0 rings (SSSR count). The molecule has 0 aromatic heterocycles. The molecule has 0 heterocycles. The molecule has 0 saturated carbocycles. The van der Waals surface area contributed by atoms with Crippen molar-refractivity contribution in [1.82, 2.24) is 0 Å². The van der Waals surface area contributed by atoms with Crippen molar-refractivity contribution < 1.29 is 163 Å². The molecule has 0 spiro atoms. The fourth-order valence-electron chi connectivity index (χ4n) is 2.29. The van der Waals surface area contributed by atoms with Crippen LogP contribution in [0.15, 0.2) is 35.5 Å². The fourth-order valence-corrected chi connectivity index (χ4v) is 2.29. The van der Waals surface area contributed by atoms with Crippen molar-refractivity contribution in [3.8, 4) is 0 Å². The first kappa shape index (κ1) is 62.2. The van der Waals surface area contributed by atoms with Crippen molar-refractivity contribution >= 4 is 17.3 Å².